The number of aliphatic hydroxyl groups is 1. The Labute approximate surface area is 212 Å². The molecule has 2 aromatic rings. The van der Waals surface area contributed by atoms with Crippen LogP contribution in [0.15, 0.2) is 60.0 Å². The van der Waals surface area contributed by atoms with E-state index in [0.29, 0.717) is 24.3 Å². The van der Waals surface area contributed by atoms with Crippen LogP contribution in [-0.4, -0.2) is 45.6 Å². The maximum Gasteiger partial charge on any atom is 0.261 e. The van der Waals surface area contributed by atoms with Crippen molar-refractivity contribution < 1.29 is 13.9 Å². The van der Waals surface area contributed by atoms with Gasteiger partial charge in [0.25, 0.3) is 5.92 Å². The number of benzene rings is 1. The highest BCUT2D eigenvalue weighted by Gasteiger charge is 2.52. The maximum absolute atomic E-state index is 13.9. The van der Waals surface area contributed by atoms with E-state index in [1.54, 1.807) is 0 Å². The fraction of sp³-hybridized carbons (Fsp3) is 0.581. The second kappa shape index (κ2) is 8.46. The molecule has 1 N–H and O–H groups in total. The molecule has 0 bridgehead atoms. The molecule has 36 heavy (non-hydrogen) atoms. The van der Waals surface area contributed by atoms with Crippen LogP contribution in [-0.2, 0) is 0 Å². The van der Waals surface area contributed by atoms with Crippen LogP contribution < -0.4 is 0 Å². The van der Waals surface area contributed by atoms with Crippen LogP contribution >= 0.6 is 0 Å². The lowest BCUT2D eigenvalue weighted by Gasteiger charge is -2.43. The third-order valence-electron chi connectivity index (χ3n) is 10.4. The summed E-state index contributed by atoms with van der Waals surface area (Å²) < 4.78 is 27.7. The maximum atomic E-state index is 13.9. The Morgan fingerprint density at radius 2 is 1.94 bits per heavy atom. The summed E-state index contributed by atoms with van der Waals surface area (Å²) in [6.45, 7) is 0.447. The summed E-state index contributed by atoms with van der Waals surface area (Å²) in [5.41, 5.74) is 3.23. The minimum absolute atomic E-state index is 0.00144. The fourth-order valence-corrected chi connectivity index (χ4v) is 8.53. The Bertz CT molecular complexity index is 1240. The Kier molecular flexibility index (Phi) is 5.41. The molecular formula is C31H36F2N2O. The molecule has 1 aromatic heterocycles. The van der Waals surface area contributed by atoms with E-state index < -0.39 is 11.5 Å². The number of rotatable bonds is 2. The quantitative estimate of drug-likeness (QED) is 0.513. The molecule has 1 saturated heterocycles. The molecule has 0 spiro atoms. The van der Waals surface area contributed by atoms with E-state index in [9.17, 15) is 13.9 Å². The van der Waals surface area contributed by atoms with E-state index in [4.69, 9.17) is 0 Å². The molecule has 6 atom stereocenters. The molecule has 1 aromatic carbocycles. The number of hydrogen-bond acceptors (Lipinski definition) is 3. The molecule has 190 valence electrons. The van der Waals surface area contributed by atoms with Gasteiger partial charge in [-0.15, -0.1) is 0 Å². The summed E-state index contributed by atoms with van der Waals surface area (Å²) in [6.07, 6.45) is 16.3. The number of fused-ring (bicyclic) bond motifs is 5. The predicted octanol–water partition coefficient (Wildman–Crippen LogP) is 6.64. The molecule has 5 unspecified atom stereocenters. The minimum atomic E-state index is -2.52. The number of pyridine rings is 1. The van der Waals surface area contributed by atoms with Crippen molar-refractivity contribution in [2.75, 3.05) is 13.1 Å². The molecule has 2 saturated carbocycles. The molecule has 5 heteroatoms. The van der Waals surface area contributed by atoms with E-state index in [1.807, 2.05) is 17.3 Å². The van der Waals surface area contributed by atoms with Crippen molar-refractivity contribution in [2.45, 2.75) is 81.3 Å². The Balaban J connectivity index is 1.11. The van der Waals surface area contributed by atoms with Gasteiger partial charge >= 0.3 is 0 Å². The largest absolute Gasteiger partial charge is 0.385 e. The molecule has 3 fully saturated rings. The highest BCUT2D eigenvalue weighted by Crippen LogP contribution is 2.57. The van der Waals surface area contributed by atoms with Crippen molar-refractivity contribution in [3.63, 3.8) is 0 Å². The van der Waals surface area contributed by atoms with E-state index in [-0.39, 0.29) is 24.9 Å². The second-order valence-corrected chi connectivity index (χ2v) is 12.2. The summed E-state index contributed by atoms with van der Waals surface area (Å²) in [7, 11) is 0. The van der Waals surface area contributed by atoms with Gasteiger partial charge in [0, 0.05) is 36.8 Å². The van der Waals surface area contributed by atoms with Crippen molar-refractivity contribution in [1.29, 1.82) is 0 Å². The van der Waals surface area contributed by atoms with Crippen molar-refractivity contribution in [2.24, 2.45) is 17.8 Å². The first-order valence-electron chi connectivity index (χ1n) is 14.0. The van der Waals surface area contributed by atoms with Crippen LogP contribution in [0.25, 0.3) is 10.8 Å². The van der Waals surface area contributed by atoms with Gasteiger partial charge in [-0.3, -0.25) is 9.88 Å². The second-order valence-electron chi connectivity index (χ2n) is 12.2. The van der Waals surface area contributed by atoms with Gasteiger partial charge in [0.05, 0.1) is 12.1 Å². The lowest BCUT2D eigenvalue weighted by Crippen LogP contribution is -2.44. The Morgan fingerprint density at radius 3 is 2.81 bits per heavy atom. The van der Waals surface area contributed by atoms with Gasteiger partial charge in [-0.05, 0) is 104 Å². The zero-order chi connectivity index (χ0) is 24.5. The first-order valence-corrected chi connectivity index (χ1v) is 14.0. The normalized spacial score (nSPS) is 38.0. The van der Waals surface area contributed by atoms with E-state index >= 15 is 0 Å². The van der Waals surface area contributed by atoms with Crippen molar-refractivity contribution in [1.82, 2.24) is 9.88 Å². The summed E-state index contributed by atoms with van der Waals surface area (Å²) in [5, 5.41) is 14.7. The number of alkyl halides is 2. The van der Waals surface area contributed by atoms with Gasteiger partial charge in [-0.2, -0.15) is 0 Å². The molecule has 2 heterocycles. The highest BCUT2D eigenvalue weighted by molar-refractivity contribution is 5.82. The van der Waals surface area contributed by atoms with Gasteiger partial charge in [0.15, 0.2) is 0 Å². The van der Waals surface area contributed by atoms with Crippen LogP contribution in [0, 0.1) is 17.8 Å². The van der Waals surface area contributed by atoms with Gasteiger partial charge in [-0.25, -0.2) is 8.78 Å². The van der Waals surface area contributed by atoms with Crippen molar-refractivity contribution in [3.05, 3.63) is 65.5 Å². The number of aromatic nitrogens is 1. The van der Waals surface area contributed by atoms with Crippen LogP contribution in [0.1, 0.15) is 69.3 Å². The standard InChI is InChI=1S/C31H36F2N2O/c32-30(33)12-14-35(19-30)26-5-3-21-16-25-4-6-28-27(23-2-1-20-10-13-34-18-24(20)15-23)7-8-29(28)31(25,36)11-9-22(21)17-26/h1-2,4,10,13,15-16,18,22,26-29,36H,3,5-9,11-12,14,17,19H2/t22?,26?,27?,28?,29?,31-/m1/s1. The fourth-order valence-electron chi connectivity index (χ4n) is 8.53. The smallest absolute Gasteiger partial charge is 0.261 e. The molecule has 7 rings (SSSR count). The zero-order valence-electron chi connectivity index (χ0n) is 20.9. The molecule has 1 aliphatic heterocycles. The predicted molar refractivity (Wildman–Crippen MR) is 138 cm³/mol. The van der Waals surface area contributed by atoms with Crippen molar-refractivity contribution in [3.8, 4) is 0 Å². The molecule has 5 aliphatic rings. The zero-order valence-corrected chi connectivity index (χ0v) is 20.9. The average molecular weight is 491 g/mol. The van der Waals surface area contributed by atoms with E-state index in [2.05, 4.69) is 41.4 Å². The number of halogens is 2. The third-order valence-corrected chi connectivity index (χ3v) is 10.4. The van der Waals surface area contributed by atoms with E-state index in [0.717, 1.165) is 56.9 Å². The Hall–Kier alpha value is -2.11. The van der Waals surface area contributed by atoms with Gasteiger partial charge in [0.1, 0.15) is 0 Å². The lowest BCUT2D eigenvalue weighted by molar-refractivity contribution is -0.0168. The summed E-state index contributed by atoms with van der Waals surface area (Å²) in [4.78, 5) is 6.36. The van der Waals surface area contributed by atoms with Gasteiger partial charge in [-0.1, -0.05) is 29.9 Å². The average Bonchev–Trinajstić information content (AvgIpc) is 3.44. The molecule has 0 radical (unpaired) electrons. The lowest BCUT2D eigenvalue weighted by atomic mass is 9.66. The van der Waals surface area contributed by atoms with Gasteiger partial charge < -0.3 is 5.11 Å². The SMILES string of the molecule is O[C@]12CCC3CC(N4CCC(F)(F)C4)CCC3=CC1=CCC1C(c3ccc4ccncc4c3)CCC12. The topological polar surface area (TPSA) is 36.4 Å². The number of likely N-dealkylation sites (tertiary alicyclic amines) is 1. The van der Waals surface area contributed by atoms with Crippen LogP contribution in [0.2, 0.25) is 0 Å². The summed E-state index contributed by atoms with van der Waals surface area (Å²) in [6, 6.07) is 9.13. The first-order chi connectivity index (χ1) is 17.4. The van der Waals surface area contributed by atoms with Crippen LogP contribution in [0.3, 0.4) is 0 Å². The number of allylic oxidation sites excluding steroid dienone is 2. The monoisotopic (exact) mass is 490 g/mol. The summed E-state index contributed by atoms with van der Waals surface area (Å²) >= 11 is 0. The Morgan fingerprint density at radius 1 is 1.03 bits per heavy atom. The molecule has 0 amide bonds. The van der Waals surface area contributed by atoms with Crippen LogP contribution in [0.4, 0.5) is 8.78 Å². The molecule has 4 aliphatic carbocycles. The number of nitrogens with zero attached hydrogens (tertiary/aromatic N) is 2. The van der Waals surface area contributed by atoms with Gasteiger partial charge in [0.2, 0.25) is 0 Å². The first kappa shape index (κ1) is 23.0. The van der Waals surface area contributed by atoms with Crippen LogP contribution in [0.5, 0.6) is 0 Å². The summed E-state index contributed by atoms with van der Waals surface area (Å²) in [5.74, 6) is -0.884. The van der Waals surface area contributed by atoms with E-state index in [1.165, 1.54) is 21.9 Å². The molecular weight excluding hydrogens is 454 g/mol. The highest BCUT2D eigenvalue weighted by atomic mass is 19.3. The minimum Gasteiger partial charge on any atom is -0.385 e. The van der Waals surface area contributed by atoms with Crippen molar-refractivity contribution >= 4 is 10.8 Å². The third kappa shape index (κ3) is 3.77. The number of hydrogen-bond donors (Lipinski definition) is 1. The molecule has 3 nitrogen and oxygen atoms in total.